The number of hydrogen-bond donors (Lipinski definition) is 0. The van der Waals surface area contributed by atoms with Crippen LogP contribution in [0, 0.1) is 0 Å². The van der Waals surface area contributed by atoms with Gasteiger partial charge in [0.25, 0.3) is 5.91 Å². The van der Waals surface area contributed by atoms with Gasteiger partial charge in [-0.25, -0.2) is 4.98 Å². The van der Waals surface area contributed by atoms with Crippen LogP contribution in [0.15, 0.2) is 10.6 Å². The van der Waals surface area contributed by atoms with Gasteiger partial charge in [0.15, 0.2) is 5.89 Å². The van der Waals surface area contributed by atoms with Crippen LogP contribution in [-0.2, 0) is 4.74 Å². The topological polar surface area (TPSA) is 55.6 Å². The van der Waals surface area contributed by atoms with Gasteiger partial charge in [-0.05, 0) is 38.5 Å². The van der Waals surface area contributed by atoms with Crippen LogP contribution in [-0.4, -0.2) is 41.1 Å². The highest BCUT2D eigenvalue weighted by molar-refractivity contribution is 5.92. The lowest BCUT2D eigenvalue weighted by Crippen LogP contribution is -2.55. The third-order valence-electron chi connectivity index (χ3n) is 4.84. The summed E-state index contributed by atoms with van der Waals surface area (Å²) >= 11 is 0. The monoisotopic (exact) mass is 276 g/mol. The van der Waals surface area contributed by atoms with Gasteiger partial charge in [0, 0.05) is 19.1 Å². The molecular weight excluding hydrogens is 256 g/mol. The average molecular weight is 276 g/mol. The molecule has 3 heterocycles. The fraction of sp³-hybridized carbons (Fsp3) is 0.733. The third-order valence-corrected chi connectivity index (χ3v) is 4.84. The Morgan fingerprint density at radius 1 is 1.35 bits per heavy atom. The van der Waals surface area contributed by atoms with Gasteiger partial charge in [0.2, 0.25) is 5.76 Å². The molecule has 20 heavy (non-hydrogen) atoms. The van der Waals surface area contributed by atoms with Crippen molar-refractivity contribution in [3.05, 3.63) is 17.8 Å². The van der Waals surface area contributed by atoms with E-state index in [1.165, 1.54) is 6.42 Å². The summed E-state index contributed by atoms with van der Waals surface area (Å²) < 4.78 is 11.2. The Bertz CT molecular complexity index is 515. The molecule has 0 radical (unpaired) electrons. The second-order valence-electron chi connectivity index (χ2n) is 6.28. The molecule has 0 N–H and O–H groups in total. The molecule has 1 spiro atoms. The molecule has 1 aromatic heterocycles. The predicted octanol–water partition coefficient (Wildman–Crippen LogP) is 2.34. The molecule has 108 valence electrons. The molecule has 3 aliphatic rings. The first-order valence-corrected chi connectivity index (χ1v) is 7.64. The fourth-order valence-corrected chi connectivity index (χ4v) is 3.46. The van der Waals surface area contributed by atoms with Crippen molar-refractivity contribution in [2.45, 2.75) is 50.0 Å². The largest absolute Gasteiger partial charge is 0.435 e. The quantitative estimate of drug-likeness (QED) is 0.832. The summed E-state index contributed by atoms with van der Waals surface area (Å²) in [4.78, 5) is 19.0. The van der Waals surface area contributed by atoms with Gasteiger partial charge in [-0.15, -0.1) is 0 Å². The molecule has 3 fully saturated rings. The number of aromatic nitrogens is 1. The zero-order chi connectivity index (χ0) is 13.6. The normalized spacial score (nSPS) is 30.1. The van der Waals surface area contributed by atoms with E-state index in [9.17, 15) is 4.79 Å². The number of ether oxygens (including phenoxy) is 1. The highest BCUT2D eigenvalue weighted by Crippen LogP contribution is 2.40. The van der Waals surface area contributed by atoms with E-state index in [-0.39, 0.29) is 11.4 Å². The van der Waals surface area contributed by atoms with Crippen molar-refractivity contribution in [3.63, 3.8) is 0 Å². The van der Waals surface area contributed by atoms with Gasteiger partial charge in [-0.1, -0.05) is 0 Å². The number of oxazole rings is 1. The first-order valence-electron chi connectivity index (χ1n) is 7.64. The zero-order valence-electron chi connectivity index (χ0n) is 11.6. The van der Waals surface area contributed by atoms with Crippen molar-refractivity contribution in [2.24, 2.45) is 0 Å². The lowest BCUT2D eigenvalue weighted by atomic mass is 9.85. The molecule has 1 atom stereocenters. The van der Waals surface area contributed by atoms with E-state index in [0.717, 1.165) is 51.1 Å². The first kappa shape index (κ1) is 12.4. The van der Waals surface area contributed by atoms with Crippen LogP contribution in [0.4, 0.5) is 0 Å². The molecule has 1 aromatic rings. The molecule has 5 nitrogen and oxygen atoms in total. The van der Waals surface area contributed by atoms with Crippen molar-refractivity contribution < 1.29 is 13.9 Å². The summed E-state index contributed by atoms with van der Waals surface area (Å²) in [5.74, 6) is 1.58. The maximum Gasteiger partial charge on any atom is 0.291 e. The molecule has 5 heteroatoms. The van der Waals surface area contributed by atoms with Crippen LogP contribution in [0.5, 0.6) is 0 Å². The molecule has 1 unspecified atom stereocenters. The molecule has 2 saturated heterocycles. The van der Waals surface area contributed by atoms with Crippen molar-refractivity contribution in [1.82, 2.24) is 9.88 Å². The van der Waals surface area contributed by atoms with Crippen molar-refractivity contribution >= 4 is 5.91 Å². The maximum atomic E-state index is 12.8. The Hall–Kier alpha value is -1.36. The number of rotatable bonds is 2. The van der Waals surface area contributed by atoms with Crippen molar-refractivity contribution in [3.8, 4) is 0 Å². The molecule has 1 amide bonds. The van der Waals surface area contributed by atoms with E-state index in [1.807, 2.05) is 4.90 Å². The summed E-state index contributed by atoms with van der Waals surface area (Å²) in [6.07, 6.45) is 8.11. The Labute approximate surface area is 118 Å². The summed E-state index contributed by atoms with van der Waals surface area (Å²) in [7, 11) is 0. The molecule has 0 bridgehead atoms. The van der Waals surface area contributed by atoms with Crippen LogP contribution in [0.3, 0.4) is 0 Å². The zero-order valence-corrected chi connectivity index (χ0v) is 11.6. The minimum atomic E-state index is -0.0954. The van der Waals surface area contributed by atoms with Gasteiger partial charge < -0.3 is 14.1 Å². The van der Waals surface area contributed by atoms with Crippen LogP contribution in [0.25, 0.3) is 0 Å². The Kier molecular flexibility index (Phi) is 2.84. The van der Waals surface area contributed by atoms with Crippen molar-refractivity contribution in [2.75, 3.05) is 19.8 Å². The Morgan fingerprint density at radius 3 is 3.00 bits per heavy atom. The van der Waals surface area contributed by atoms with Crippen LogP contribution in [0.1, 0.15) is 60.9 Å². The van der Waals surface area contributed by atoms with E-state index < -0.39 is 0 Å². The Balaban J connectivity index is 1.58. The lowest BCUT2D eigenvalue weighted by Gasteiger charge is -2.43. The van der Waals surface area contributed by atoms with E-state index in [4.69, 9.17) is 9.15 Å². The number of nitrogens with zero attached hydrogens (tertiary/aromatic N) is 2. The van der Waals surface area contributed by atoms with Crippen LogP contribution in [0.2, 0.25) is 0 Å². The number of piperidine rings is 1. The third kappa shape index (κ3) is 1.95. The highest BCUT2D eigenvalue weighted by atomic mass is 16.5. The standard InChI is InChI=1S/C15H20N2O3/c18-14(12-9-16-13(20-12)11-3-4-11)17-7-2-1-5-15(17)6-8-19-10-15/h9,11H,1-8,10H2. The highest BCUT2D eigenvalue weighted by Gasteiger charge is 2.45. The summed E-state index contributed by atoms with van der Waals surface area (Å²) in [5.41, 5.74) is -0.0954. The maximum absolute atomic E-state index is 12.8. The second-order valence-corrected chi connectivity index (χ2v) is 6.28. The smallest absolute Gasteiger partial charge is 0.291 e. The van der Waals surface area contributed by atoms with E-state index in [2.05, 4.69) is 4.98 Å². The van der Waals surface area contributed by atoms with Crippen molar-refractivity contribution in [1.29, 1.82) is 0 Å². The number of carbonyl (C=O) groups excluding carboxylic acids is 1. The van der Waals surface area contributed by atoms with E-state index in [0.29, 0.717) is 18.3 Å². The number of hydrogen-bond acceptors (Lipinski definition) is 4. The SMILES string of the molecule is O=C(c1cnc(C2CC2)o1)N1CCCCC12CCOC2. The van der Waals surface area contributed by atoms with Gasteiger partial charge in [0.1, 0.15) is 0 Å². The lowest BCUT2D eigenvalue weighted by molar-refractivity contribution is 0.0228. The van der Waals surface area contributed by atoms with Crippen LogP contribution < -0.4 is 0 Å². The van der Waals surface area contributed by atoms with Gasteiger partial charge in [-0.3, -0.25) is 4.79 Å². The van der Waals surface area contributed by atoms with E-state index in [1.54, 1.807) is 6.20 Å². The molecule has 1 saturated carbocycles. The van der Waals surface area contributed by atoms with Gasteiger partial charge >= 0.3 is 0 Å². The molecule has 1 aliphatic carbocycles. The van der Waals surface area contributed by atoms with Gasteiger partial charge in [-0.2, -0.15) is 0 Å². The summed E-state index contributed by atoms with van der Waals surface area (Å²) in [6.45, 7) is 2.23. The Morgan fingerprint density at radius 2 is 2.25 bits per heavy atom. The number of carbonyl (C=O) groups is 1. The van der Waals surface area contributed by atoms with Crippen LogP contribution >= 0.6 is 0 Å². The second kappa shape index (κ2) is 4.58. The summed E-state index contributed by atoms with van der Waals surface area (Å²) in [5, 5.41) is 0. The summed E-state index contributed by atoms with van der Waals surface area (Å²) in [6, 6.07) is 0. The fourth-order valence-electron chi connectivity index (χ4n) is 3.46. The van der Waals surface area contributed by atoms with E-state index >= 15 is 0 Å². The molecule has 0 aromatic carbocycles. The first-order chi connectivity index (χ1) is 9.78. The minimum absolute atomic E-state index is 0.00500. The predicted molar refractivity (Wildman–Crippen MR) is 71.5 cm³/mol. The number of amides is 1. The molecular formula is C15H20N2O3. The number of likely N-dealkylation sites (tertiary alicyclic amines) is 1. The molecule has 4 rings (SSSR count). The molecule has 2 aliphatic heterocycles. The van der Waals surface area contributed by atoms with Gasteiger partial charge in [0.05, 0.1) is 18.3 Å². The average Bonchev–Trinajstić information content (AvgIpc) is 3.02. The minimum Gasteiger partial charge on any atom is -0.435 e.